The molecule has 3 heterocycles. The Morgan fingerprint density at radius 2 is 2.15 bits per heavy atom. The minimum Gasteiger partial charge on any atom is -0.481 e. The maximum Gasteiger partial charge on any atom is 0.215 e. The second kappa shape index (κ2) is 5.46. The highest BCUT2D eigenvalue weighted by Crippen LogP contribution is 2.20. The molecule has 0 aliphatic rings. The first kappa shape index (κ1) is 12.9. The maximum absolute atomic E-state index is 5.99. The van der Waals surface area contributed by atoms with Gasteiger partial charge in [-0.1, -0.05) is 6.07 Å². The number of hydrogen-bond donors (Lipinski definition) is 0. The fraction of sp³-hybridized carbons (Fsp3) is 0.214. The SMILES string of the molecule is COc1ccc2nc(CCl)n(Cc3cccnc3)c2n1. The molecule has 0 bridgehead atoms. The molecule has 0 fully saturated rings. The predicted octanol–water partition coefficient (Wildman–Crippen LogP) is 2.62. The second-order valence-corrected chi connectivity index (χ2v) is 4.57. The molecule has 20 heavy (non-hydrogen) atoms. The topological polar surface area (TPSA) is 52.8 Å². The van der Waals surface area contributed by atoms with Crippen LogP contribution in [0, 0.1) is 0 Å². The van der Waals surface area contributed by atoms with Crippen molar-refractivity contribution in [1.82, 2.24) is 19.5 Å². The van der Waals surface area contributed by atoms with Crippen LogP contribution in [0.15, 0.2) is 36.7 Å². The van der Waals surface area contributed by atoms with E-state index >= 15 is 0 Å². The maximum atomic E-state index is 5.99. The first-order valence-corrected chi connectivity index (χ1v) is 6.70. The van der Waals surface area contributed by atoms with Gasteiger partial charge in [0.15, 0.2) is 5.65 Å². The number of methoxy groups -OCH3 is 1. The molecule has 0 spiro atoms. The van der Waals surface area contributed by atoms with Gasteiger partial charge in [0.25, 0.3) is 0 Å². The fourth-order valence-electron chi connectivity index (χ4n) is 2.09. The van der Waals surface area contributed by atoms with Crippen molar-refractivity contribution in [3.8, 4) is 5.88 Å². The molecule has 0 atom stereocenters. The van der Waals surface area contributed by atoms with Crippen LogP contribution in [0.25, 0.3) is 11.2 Å². The Hall–Kier alpha value is -2.14. The minimum absolute atomic E-state index is 0.332. The molecule has 3 aromatic rings. The molecule has 102 valence electrons. The van der Waals surface area contributed by atoms with Crippen LogP contribution in [0.1, 0.15) is 11.4 Å². The van der Waals surface area contributed by atoms with Gasteiger partial charge in [0.2, 0.25) is 5.88 Å². The third-order valence-corrected chi connectivity index (χ3v) is 3.28. The van der Waals surface area contributed by atoms with Gasteiger partial charge in [0, 0.05) is 18.5 Å². The summed E-state index contributed by atoms with van der Waals surface area (Å²) in [6.07, 6.45) is 3.57. The van der Waals surface area contributed by atoms with Gasteiger partial charge in [-0.2, -0.15) is 4.98 Å². The molecule has 0 aliphatic heterocycles. The lowest BCUT2D eigenvalue weighted by atomic mass is 10.3. The van der Waals surface area contributed by atoms with Crippen LogP contribution in [0.4, 0.5) is 0 Å². The van der Waals surface area contributed by atoms with Gasteiger partial charge in [-0.3, -0.25) is 4.98 Å². The van der Waals surface area contributed by atoms with E-state index in [4.69, 9.17) is 16.3 Å². The summed E-state index contributed by atoms with van der Waals surface area (Å²) in [5, 5.41) is 0. The molecule has 0 aliphatic carbocycles. The Labute approximate surface area is 121 Å². The van der Waals surface area contributed by atoms with Crippen LogP contribution < -0.4 is 4.74 Å². The van der Waals surface area contributed by atoms with Crippen molar-refractivity contribution in [3.63, 3.8) is 0 Å². The Morgan fingerprint density at radius 3 is 2.85 bits per heavy atom. The fourth-order valence-corrected chi connectivity index (χ4v) is 2.29. The number of pyridine rings is 2. The molecular weight excluding hydrogens is 276 g/mol. The smallest absolute Gasteiger partial charge is 0.215 e. The van der Waals surface area contributed by atoms with Crippen molar-refractivity contribution in [1.29, 1.82) is 0 Å². The van der Waals surface area contributed by atoms with E-state index in [2.05, 4.69) is 15.0 Å². The van der Waals surface area contributed by atoms with E-state index in [9.17, 15) is 0 Å². The number of hydrogen-bond acceptors (Lipinski definition) is 4. The van der Waals surface area contributed by atoms with Gasteiger partial charge < -0.3 is 9.30 Å². The van der Waals surface area contributed by atoms with E-state index in [1.165, 1.54) is 0 Å². The highest BCUT2D eigenvalue weighted by atomic mass is 35.5. The second-order valence-electron chi connectivity index (χ2n) is 4.31. The van der Waals surface area contributed by atoms with E-state index in [0.717, 1.165) is 22.6 Å². The van der Waals surface area contributed by atoms with Gasteiger partial charge in [0.05, 0.1) is 19.5 Å². The number of halogens is 1. The van der Waals surface area contributed by atoms with Gasteiger partial charge in [-0.15, -0.1) is 11.6 Å². The summed E-state index contributed by atoms with van der Waals surface area (Å²) in [7, 11) is 1.60. The molecule has 0 aromatic carbocycles. The third kappa shape index (κ3) is 2.32. The van der Waals surface area contributed by atoms with Crippen LogP contribution in [-0.4, -0.2) is 26.6 Å². The normalized spacial score (nSPS) is 10.9. The van der Waals surface area contributed by atoms with Crippen molar-refractivity contribution >= 4 is 22.8 Å². The summed E-state index contributed by atoms with van der Waals surface area (Å²) in [4.78, 5) is 13.1. The van der Waals surface area contributed by atoms with Crippen LogP contribution in [0.5, 0.6) is 5.88 Å². The number of imidazole rings is 1. The highest BCUT2D eigenvalue weighted by Gasteiger charge is 2.12. The van der Waals surface area contributed by atoms with Gasteiger partial charge in [0.1, 0.15) is 11.3 Å². The molecule has 6 heteroatoms. The summed E-state index contributed by atoms with van der Waals surface area (Å²) >= 11 is 5.99. The summed E-state index contributed by atoms with van der Waals surface area (Å²) in [5.41, 5.74) is 2.65. The molecule has 3 aromatic heterocycles. The van der Waals surface area contributed by atoms with Crippen LogP contribution in [0.3, 0.4) is 0 Å². The summed E-state index contributed by atoms with van der Waals surface area (Å²) < 4.78 is 7.16. The largest absolute Gasteiger partial charge is 0.481 e. The number of fused-ring (bicyclic) bond motifs is 1. The van der Waals surface area contributed by atoms with Gasteiger partial charge >= 0.3 is 0 Å². The molecule has 0 N–H and O–H groups in total. The van der Waals surface area contributed by atoms with E-state index in [1.54, 1.807) is 19.4 Å². The molecule has 0 radical (unpaired) electrons. The minimum atomic E-state index is 0.332. The molecular formula is C14H13ClN4O. The van der Waals surface area contributed by atoms with Crippen molar-refractivity contribution in [2.45, 2.75) is 12.4 Å². The lowest BCUT2D eigenvalue weighted by Crippen LogP contribution is -2.05. The zero-order chi connectivity index (χ0) is 13.9. The molecule has 0 unspecified atom stereocenters. The molecule has 0 amide bonds. The van der Waals surface area contributed by atoms with Crippen molar-refractivity contribution in [2.24, 2.45) is 0 Å². The van der Waals surface area contributed by atoms with Gasteiger partial charge in [-0.05, 0) is 17.7 Å². The predicted molar refractivity (Wildman–Crippen MR) is 77.0 cm³/mol. The molecule has 3 rings (SSSR count). The Morgan fingerprint density at radius 1 is 1.25 bits per heavy atom. The summed E-state index contributed by atoms with van der Waals surface area (Å²) in [6, 6.07) is 7.60. The number of ether oxygens (including phenoxy) is 1. The van der Waals surface area contributed by atoms with Gasteiger partial charge in [-0.25, -0.2) is 4.98 Å². The summed E-state index contributed by atoms with van der Waals surface area (Å²) in [6.45, 7) is 0.632. The molecule has 0 saturated carbocycles. The standard InChI is InChI=1S/C14H13ClN4O/c1-20-13-5-4-11-14(18-13)19(12(7-15)17-11)9-10-3-2-6-16-8-10/h2-6,8H,7,9H2,1H3. The number of aromatic nitrogens is 4. The Bertz CT molecular complexity index is 727. The van der Waals surface area contributed by atoms with E-state index < -0.39 is 0 Å². The first-order chi connectivity index (χ1) is 9.81. The van der Waals surface area contributed by atoms with Crippen molar-refractivity contribution in [3.05, 3.63) is 48.0 Å². The Kier molecular flexibility index (Phi) is 3.52. The lowest BCUT2D eigenvalue weighted by molar-refractivity contribution is 0.399. The average Bonchev–Trinajstić information content (AvgIpc) is 2.85. The zero-order valence-electron chi connectivity index (χ0n) is 11.0. The van der Waals surface area contributed by atoms with Crippen molar-refractivity contribution < 1.29 is 4.74 Å². The quantitative estimate of drug-likeness (QED) is 0.693. The monoisotopic (exact) mass is 288 g/mol. The molecule has 5 nitrogen and oxygen atoms in total. The molecule has 0 saturated heterocycles. The van der Waals surface area contributed by atoms with Crippen LogP contribution >= 0.6 is 11.6 Å². The van der Waals surface area contributed by atoms with Crippen LogP contribution in [0.2, 0.25) is 0 Å². The highest BCUT2D eigenvalue weighted by molar-refractivity contribution is 6.16. The zero-order valence-corrected chi connectivity index (χ0v) is 11.7. The third-order valence-electron chi connectivity index (χ3n) is 3.04. The van der Waals surface area contributed by atoms with E-state index in [0.29, 0.717) is 18.3 Å². The van der Waals surface area contributed by atoms with E-state index in [1.807, 2.05) is 29.0 Å². The Balaban J connectivity index is 2.11. The lowest BCUT2D eigenvalue weighted by Gasteiger charge is -2.07. The van der Waals surface area contributed by atoms with Crippen LogP contribution in [-0.2, 0) is 12.4 Å². The van der Waals surface area contributed by atoms with E-state index in [-0.39, 0.29) is 0 Å². The van der Waals surface area contributed by atoms with Crippen molar-refractivity contribution in [2.75, 3.05) is 7.11 Å². The number of nitrogens with zero attached hydrogens (tertiary/aromatic N) is 4. The number of alkyl halides is 1. The number of rotatable bonds is 4. The average molecular weight is 289 g/mol. The first-order valence-electron chi connectivity index (χ1n) is 6.17. The summed E-state index contributed by atoms with van der Waals surface area (Å²) in [5.74, 6) is 1.68.